The SMILES string of the molecule is Cc1ccc(CN(C)C(=O)CC(N)C(C)C)o1. The summed E-state index contributed by atoms with van der Waals surface area (Å²) in [5, 5.41) is 0. The Hall–Kier alpha value is -1.29. The molecular formula is C13H22N2O2. The first kappa shape index (κ1) is 13.8. The molecule has 0 aliphatic carbocycles. The second kappa shape index (κ2) is 5.87. The molecule has 0 spiro atoms. The van der Waals surface area contributed by atoms with Crippen molar-refractivity contribution in [3.63, 3.8) is 0 Å². The van der Waals surface area contributed by atoms with Crippen LogP contribution in [0, 0.1) is 12.8 Å². The molecule has 4 heteroatoms. The maximum atomic E-state index is 11.9. The highest BCUT2D eigenvalue weighted by Crippen LogP contribution is 2.11. The summed E-state index contributed by atoms with van der Waals surface area (Å²) < 4.78 is 5.43. The van der Waals surface area contributed by atoms with Crippen LogP contribution < -0.4 is 5.73 Å². The van der Waals surface area contributed by atoms with Crippen LogP contribution in [0.5, 0.6) is 0 Å². The minimum atomic E-state index is -0.0803. The van der Waals surface area contributed by atoms with E-state index in [0.29, 0.717) is 18.9 Å². The lowest BCUT2D eigenvalue weighted by atomic mass is 10.0. The van der Waals surface area contributed by atoms with Gasteiger partial charge >= 0.3 is 0 Å². The first-order chi connectivity index (χ1) is 7.90. The summed E-state index contributed by atoms with van der Waals surface area (Å²) >= 11 is 0. The van der Waals surface area contributed by atoms with E-state index in [2.05, 4.69) is 0 Å². The molecule has 0 radical (unpaired) electrons. The van der Waals surface area contributed by atoms with Gasteiger partial charge < -0.3 is 15.1 Å². The van der Waals surface area contributed by atoms with E-state index in [1.807, 2.05) is 32.9 Å². The largest absolute Gasteiger partial charge is 0.464 e. The summed E-state index contributed by atoms with van der Waals surface area (Å²) in [5.74, 6) is 2.04. The molecule has 0 saturated carbocycles. The van der Waals surface area contributed by atoms with Gasteiger partial charge in [0, 0.05) is 19.5 Å². The molecule has 0 bridgehead atoms. The molecule has 17 heavy (non-hydrogen) atoms. The quantitative estimate of drug-likeness (QED) is 0.852. The van der Waals surface area contributed by atoms with Gasteiger partial charge in [-0.1, -0.05) is 13.8 Å². The zero-order valence-electron chi connectivity index (χ0n) is 11.1. The van der Waals surface area contributed by atoms with Gasteiger partial charge in [-0.05, 0) is 25.0 Å². The standard InChI is InChI=1S/C13H22N2O2/c1-9(2)12(14)7-13(16)15(4)8-11-6-5-10(3)17-11/h5-6,9,12H,7-8,14H2,1-4H3. The van der Waals surface area contributed by atoms with Crippen LogP contribution in [0.15, 0.2) is 16.5 Å². The first-order valence-electron chi connectivity index (χ1n) is 5.95. The molecule has 0 aromatic carbocycles. The number of hydrogen-bond acceptors (Lipinski definition) is 3. The second-order valence-electron chi connectivity index (χ2n) is 4.87. The van der Waals surface area contributed by atoms with Crippen molar-refractivity contribution in [2.75, 3.05) is 7.05 Å². The summed E-state index contributed by atoms with van der Waals surface area (Å²) in [6.07, 6.45) is 0.383. The van der Waals surface area contributed by atoms with Crippen molar-refractivity contribution in [2.45, 2.75) is 39.8 Å². The van der Waals surface area contributed by atoms with Crippen molar-refractivity contribution >= 4 is 5.91 Å². The van der Waals surface area contributed by atoms with Crippen LogP contribution in [0.4, 0.5) is 0 Å². The zero-order chi connectivity index (χ0) is 13.0. The Labute approximate surface area is 103 Å². The maximum Gasteiger partial charge on any atom is 0.224 e. The monoisotopic (exact) mass is 238 g/mol. The lowest BCUT2D eigenvalue weighted by molar-refractivity contribution is -0.131. The van der Waals surface area contributed by atoms with Crippen molar-refractivity contribution < 1.29 is 9.21 Å². The van der Waals surface area contributed by atoms with E-state index < -0.39 is 0 Å². The van der Waals surface area contributed by atoms with Gasteiger partial charge in [0.1, 0.15) is 11.5 Å². The molecular weight excluding hydrogens is 216 g/mol. The number of rotatable bonds is 5. The number of amides is 1. The minimum absolute atomic E-state index is 0.0558. The second-order valence-corrected chi connectivity index (χ2v) is 4.87. The van der Waals surface area contributed by atoms with Crippen molar-refractivity contribution in [3.8, 4) is 0 Å². The molecule has 1 atom stereocenters. The molecule has 96 valence electrons. The molecule has 1 aromatic rings. The van der Waals surface area contributed by atoms with Crippen molar-refractivity contribution in [1.29, 1.82) is 0 Å². The van der Waals surface area contributed by atoms with Crippen LogP contribution in [0.3, 0.4) is 0 Å². The third kappa shape index (κ3) is 4.23. The molecule has 0 fully saturated rings. The van der Waals surface area contributed by atoms with Gasteiger partial charge in [0.25, 0.3) is 0 Å². The van der Waals surface area contributed by atoms with Crippen LogP contribution in [0.2, 0.25) is 0 Å². The number of carbonyl (C=O) groups is 1. The fourth-order valence-electron chi connectivity index (χ4n) is 1.49. The lowest BCUT2D eigenvalue weighted by Gasteiger charge is -2.20. The van der Waals surface area contributed by atoms with E-state index in [9.17, 15) is 4.79 Å². The van der Waals surface area contributed by atoms with Crippen LogP contribution in [0.1, 0.15) is 31.8 Å². The molecule has 4 nitrogen and oxygen atoms in total. The Morgan fingerprint density at radius 3 is 2.59 bits per heavy atom. The highest BCUT2D eigenvalue weighted by molar-refractivity contribution is 5.76. The van der Waals surface area contributed by atoms with Crippen molar-refractivity contribution in [1.82, 2.24) is 4.90 Å². The van der Waals surface area contributed by atoms with Crippen LogP contribution >= 0.6 is 0 Å². The lowest BCUT2D eigenvalue weighted by Crippen LogP contribution is -2.35. The van der Waals surface area contributed by atoms with Gasteiger partial charge in [-0.15, -0.1) is 0 Å². The van der Waals surface area contributed by atoms with Crippen LogP contribution in [-0.4, -0.2) is 23.9 Å². The summed E-state index contributed by atoms with van der Waals surface area (Å²) in [6.45, 7) is 6.43. The topological polar surface area (TPSA) is 59.5 Å². The van der Waals surface area contributed by atoms with Gasteiger partial charge in [0.05, 0.1) is 6.54 Å². The molecule has 1 heterocycles. The first-order valence-corrected chi connectivity index (χ1v) is 5.95. The van der Waals surface area contributed by atoms with E-state index >= 15 is 0 Å². The number of aryl methyl sites for hydroxylation is 1. The number of carbonyl (C=O) groups excluding carboxylic acids is 1. The Morgan fingerprint density at radius 2 is 2.12 bits per heavy atom. The summed E-state index contributed by atoms with van der Waals surface area (Å²) in [6, 6.07) is 3.71. The number of nitrogens with zero attached hydrogens (tertiary/aromatic N) is 1. The Balaban J connectivity index is 2.47. The molecule has 0 saturated heterocycles. The van der Waals surface area contributed by atoms with E-state index in [-0.39, 0.29) is 11.9 Å². The molecule has 1 aromatic heterocycles. The van der Waals surface area contributed by atoms with Gasteiger partial charge in [0.2, 0.25) is 5.91 Å². The predicted octanol–water partition coefficient (Wildman–Crippen LogP) is 1.92. The zero-order valence-corrected chi connectivity index (χ0v) is 11.1. The summed E-state index contributed by atoms with van der Waals surface area (Å²) in [5.41, 5.74) is 5.88. The molecule has 0 aliphatic rings. The van der Waals surface area contributed by atoms with Gasteiger partial charge in [0.15, 0.2) is 0 Å². The van der Waals surface area contributed by atoms with Gasteiger partial charge in [-0.25, -0.2) is 0 Å². The number of nitrogens with two attached hydrogens (primary N) is 1. The minimum Gasteiger partial charge on any atom is -0.464 e. The Bertz CT molecular complexity index is 371. The average molecular weight is 238 g/mol. The number of hydrogen-bond donors (Lipinski definition) is 1. The normalized spacial score (nSPS) is 12.8. The van der Waals surface area contributed by atoms with Gasteiger partial charge in [-0.3, -0.25) is 4.79 Å². The molecule has 1 rings (SSSR count). The van der Waals surface area contributed by atoms with E-state index in [4.69, 9.17) is 10.2 Å². The Kier molecular flexibility index (Phi) is 4.75. The third-order valence-electron chi connectivity index (χ3n) is 2.88. The fourth-order valence-corrected chi connectivity index (χ4v) is 1.49. The molecule has 1 amide bonds. The van der Waals surface area contributed by atoms with E-state index in [1.54, 1.807) is 11.9 Å². The van der Waals surface area contributed by atoms with Gasteiger partial charge in [-0.2, -0.15) is 0 Å². The molecule has 2 N–H and O–H groups in total. The molecule has 0 aliphatic heterocycles. The Morgan fingerprint density at radius 1 is 1.47 bits per heavy atom. The van der Waals surface area contributed by atoms with Crippen molar-refractivity contribution in [3.05, 3.63) is 23.7 Å². The highest BCUT2D eigenvalue weighted by atomic mass is 16.3. The molecule has 1 unspecified atom stereocenters. The fraction of sp³-hybridized carbons (Fsp3) is 0.615. The number of furan rings is 1. The van der Waals surface area contributed by atoms with Crippen molar-refractivity contribution in [2.24, 2.45) is 11.7 Å². The van der Waals surface area contributed by atoms with Crippen LogP contribution in [-0.2, 0) is 11.3 Å². The maximum absolute atomic E-state index is 11.9. The van der Waals surface area contributed by atoms with Crippen LogP contribution in [0.25, 0.3) is 0 Å². The predicted molar refractivity (Wildman–Crippen MR) is 67.3 cm³/mol. The van der Waals surface area contributed by atoms with E-state index in [0.717, 1.165) is 11.5 Å². The smallest absolute Gasteiger partial charge is 0.224 e. The average Bonchev–Trinajstić information content (AvgIpc) is 2.63. The highest BCUT2D eigenvalue weighted by Gasteiger charge is 2.17. The third-order valence-corrected chi connectivity index (χ3v) is 2.88. The summed E-state index contributed by atoms with van der Waals surface area (Å²) in [4.78, 5) is 13.5. The summed E-state index contributed by atoms with van der Waals surface area (Å²) in [7, 11) is 1.77. The van der Waals surface area contributed by atoms with E-state index in [1.165, 1.54) is 0 Å².